The molecule has 5 aromatic rings. The first-order chi connectivity index (χ1) is 16.4. The van der Waals surface area contributed by atoms with Gasteiger partial charge in [-0.2, -0.15) is 0 Å². The van der Waals surface area contributed by atoms with Crippen LogP contribution in [-0.4, -0.2) is 42.9 Å². The highest BCUT2D eigenvalue weighted by Gasteiger charge is 2.16. The van der Waals surface area contributed by atoms with E-state index < -0.39 is 5.91 Å². The van der Waals surface area contributed by atoms with Gasteiger partial charge in [-0.25, -0.2) is 14.5 Å². The summed E-state index contributed by atoms with van der Waals surface area (Å²) in [7, 11) is 1.57. The normalized spacial score (nSPS) is 11.0. The van der Waals surface area contributed by atoms with Crippen LogP contribution >= 0.6 is 15.9 Å². The van der Waals surface area contributed by atoms with E-state index in [0.29, 0.717) is 34.1 Å². The van der Waals surface area contributed by atoms with Crippen LogP contribution in [0.15, 0.2) is 65.5 Å². The molecule has 0 aliphatic rings. The number of methoxy groups -OCH3 is 1. The molecule has 0 unspecified atom stereocenters. The zero-order valence-corrected chi connectivity index (χ0v) is 19.7. The van der Waals surface area contributed by atoms with E-state index in [-0.39, 0.29) is 11.7 Å². The van der Waals surface area contributed by atoms with Gasteiger partial charge in [0.25, 0.3) is 11.8 Å². The summed E-state index contributed by atoms with van der Waals surface area (Å²) in [5.74, 6) is -0.0406. The van der Waals surface area contributed by atoms with E-state index in [1.807, 2.05) is 13.0 Å². The maximum atomic E-state index is 12.9. The van der Waals surface area contributed by atoms with Crippen LogP contribution in [-0.2, 0) is 0 Å². The number of benzene rings is 1. The first-order valence-electron chi connectivity index (χ1n) is 10.2. The molecule has 5 rings (SSSR count). The van der Waals surface area contributed by atoms with Gasteiger partial charge < -0.3 is 15.4 Å². The molecular formula is C23H18BrN7O3. The first kappa shape index (κ1) is 21.6. The third-order valence-electron chi connectivity index (χ3n) is 5.20. The number of anilines is 2. The maximum Gasteiger partial charge on any atom is 0.295 e. The molecule has 0 spiro atoms. The Labute approximate surface area is 201 Å². The van der Waals surface area contributed by atoms with Crippen molar-refractivity contribution in [1.82, 2.24) is 24.0 Å². The Balaban J connectivity index is 1.32. The standard InChI is InChI=1S/C23H18BrN7O3/c1-13-10-14(26-23(33)20-28-21-16(24)4-3-8-31(21)29-20)5-6-17(13)27-22(32)18-12-25-19-11-15(34-2)7-9-30(18)19/h3-12H,1-2H3,(H,26,33)(H,27,32). The first-order valence-corrected chi connectivity index (χ1v) is 11.0. The van der Waals surface area contributed by atoms with Crippen molar-refractivity contribution >= 4 is 50.4 Å². The molecular weight excluding hydrogens is 502 g/mol. The predicted molar refractivity (Wildman–Crippen MR) is 130 cm³/mol. The summed E-state index contributed by atoms with van der Waals surface area (Å²) in [4.78, 5) is 34.0. The van der Waals surface area contributed by atoms with Gasteiger partial charge in [0.2, 0.25) is 5.82 Å². The quantitative estimate of drug-likeness (QED) is 0.363. The van der Waals surface area contributed by atoms with Gasteiger partial charge in [-0.3, -0.25) is 14.0 Å². The second kappa shape index (κ2) is 8.60. The third-order valence-corrected chi connectivity index (χ3v) is 5.82. The molecule has 0 aliphatic heterocycles. The Morgan fingerprint density at radius 2 is 1.91 bits per heavy atom. The van der Waals surface area contributed by atoms with E-state index in [0.717, 1.165) is 10.0 Å². The number of ether oxygens (including phenoxy) is 1. The van der Waals surface area contributed by atoms with Crippen molar-refractivity contribution in [3.8, 4) is 5.75 Å². The van der Waals surface area contributed by atoms with E-state index in [1.165, 1.54) is 10.7 Å². The van der Waals surface area contributed by atoms with Crippen molar-refractivity contribution in [2.75, 3.05) is 17.7 Å². The minimum Gasteiger partial charge on any atom is -0.497 e. The third kappa shape index (κ3) is 3.97. The van der Waals surface area contributed by atoms with Crippen molar-refractivity contribution in [2.45, 2.75) is 6.92 Å². The highest BCUT2D eigenvalue weighted by Crippen LogP contribution is 2.22. The molecule has 0 atom stereocenters. The number of amides is 2. The minimum atomic E-state index is -0.437. The summed E-state index contributed by atoms with van der Waals surface area (Å²) < 4.78 is 9.14. The zero-order valence-electron chi connectivity index (χ0n) is 18.1. The van der Waals surface area contributed by atoms with E-state index >= 15 is 0 Å². The second-order valence-electron chi connectivity index (χ2n) is 7.44. The molecule has 0 bridgehead atoms. The highest BCUT2D eigenvalue weighted by molar-refractivity contribution is 9.10. The molecule has 0 aliphatic carbocycles. The molecule has 0 radical (unpaired) electrons. The number of nitrogens with one attached hydrogen (secondary N) is 2. The number of carbonyl (C=O) groups is 2. The second-order valence-corrected chi connectivity index (χ2v) is 8.29. The number of pyridine rings is 2. The number of aromatic nitrogens is 5. The summed E-state index contributed by atoms with van der Waals surface area (Å²) in [5.41, 5.74) is 3.48. The Bertz CT molecular complexity index is 1570. The number of halogens is 1. The number of hydrogen-bond donors (Lipinski definition) is 2. The molecule has 0 fully saturated rings. The van der Waals surface area contributed by atoms with Crippen LogP contribution in [0.5, 0.6) is 5.75 Å². The van der Waals surface area contributed by atoms with Crippen molar-refractivity contribution in [1.29, 1.82) is 0 Å². The number of nitrogens with zero attached hydrogens (tertiary/aromatic N) is 5. The minimum absolute atomic E-state index is 0.0474. The highest BCUT2D eigenvalue weighted by atomic mass is 79.9. The van der Waals surface area contributed by atoms with Crippen LogP contribution in [0.4, 0.5) is 11.4 Å². The van der Waals surface area contributed by atoms with Gasteiger partial charge in [0.1, 0.15) is 17.1 Å². The number of hydrogen-bond acceptors (Lipinski definition) is 6. The smallest absolute Gasteiger partial charge is 0.295 e. The Kier molecular flexibility index (Phi) is 5.46. The molecule has 11 heteroatoms. The molecule has 4 aromatic heterocycles. The Morgan fingerprint density at radius 1 is 1.06 bits per heavy atom. The fourth-order valence-electron chi connectivity index (χ4n) is 3.48. The van der Waals surface area contributed by atoms with Crippen molar-refractivity contribution in [2.24, 2.45) is 0 Å². The molecule has 1 aromatic carbocycles. The van der Waals surface area contributed by atoms with Crippen molar-refractivity contribution < 1.29 is 14.3 Å². The van der Waals surface area contributed by atoms with E-state index in [1.54, 1.807) is 60.3 Å². The summed E-state index contributed by atoms with van der Waals surface area (Å²) in [6, 6.07) is 12.3. The Morgan fingerprint density at radius 3 is 2.68 bits per heavy atom. The number of imidazole rings is 1. The monoisotopic (exact) mass is 519 g/mol. The summed E-state index contributed by atoms with van der Waals surface area (Å²) in [5, 5.41) is 9.89. The fraction of sp³-hybridized carbons (Fsp3) is 0.0870. The average Bonchev–Trinajstić information content (AvgIpc) is 3.45. The van der Waals surface area contributed by atoms with Crippen LogP contribution in [0.2, 0.25) is 0 Å². The van der Waals surface area contributed by atoms with Crippen molar-refractivity contribution in [3.63, 3.8) is 0 Å². The molecule has 10 nitrogen and oxygen atoms in total. The van der Waals surface area contributed by atoms with Gasteiger partial charge in [-0.1, -0.05) is 0 Å². The lowest BCUT2D eigenvalue weighted by Crippen LogP contribution is -2.16. The maximum absolute atomic E-state index is 12.9. The van der Waals surface area contributed by atoms with Crippen LogP contribution in [0.1, 0.15) is 26.7 Å². The SMILES string of the molecule is COc1ccn2c(C(=O)Nc3ccc(NC(=O)c4nc5c(Br)cccn5n4)cc3C)cnc2c1. The fourth-order valence-corrected chi connectivity index (χ4v) is 3.90. The van der Waals surface area contributed by atoms with Gasteiger partial charge in [0.15, 0.2) is 5.65 Å². The Hall–Kier alpha value is -4.25. The average molecular weight is 520 g/mol. The van der Waals surface area contributed by atoms with Gasteiger partial charge >= 0.3 is 0 Å². The van der Waals surface area contributed by atoms with Gasteiger partial charge in [-0.15, -0.1) is 5.10 Å². The van der Waals surface area contributed by atoms with Crippen molar-refractivity contribution in [3.05, 3.63) is 82.6 Å². The molecule has 34 heavy (non-hydrogen) atoms. The number of rotatable bonds is 5. The molecule has 2 N–H and O–H groups in total. The van der Waals surface area contributed by atoms with Gasteiger partial charge in [0, 0.05) is 29.8 Å². The molecule has 4 heterocycles. The lowest BCUT2D eigenvalue weighted by atomic mass is 10.1. The molecule has 0 saturated carbocycles. The number of fused-ring (bicyclic) bond motifs is 2. The number of aryl methyl sites for hydroxylation is 1. The lowest BCUT2D eigenvalue weighted by molar-refractivity contribution is 0.101. The molecule has 0 saturated heterocycles. The van der Waals surface area contributed by atoms with E-state index in [9.17, 15) is 9.59 Å². The molecule has 2 amide bonds. The van der Waals surface area contributed by atoms with Gasteiger partial charge in [-0.05, 0) is 64.8 Å². The van der Waals surface area contributed by atoms with Crippen LogP contribution in [0, 0.1) is 6.92 Å². The lowest BCUT2D eigenvalue weighted by Gasteiger charge is -2.11. The van der Waals surface area contributed by atoms with E-state index in [4.69, 9.17) is 4.74 Å². The topological polar surface area (TPSA) is 115 Å². The van der Waals surface area contributed by atoms with Crippen LogP contribution in [0.3, 0.4) is 0 Å². The molecule has 170 valence electrons. The summed E-state index contributed by atoms with van der Waals surface area (Å²) in [6.45, 7) is 1.84. The summed E-state index contributed by atoms with van der Waals surface area (Å²) in [6.07, 6.45) is 4.95. The van der Waals surface area contributed by atoms with Crippen LogP contribution in [0.25, 0.3) is 11.3 Å². The summed E-state index contributed by atoms with van der Waals surface area (Å²) >= 11 is 3.40. The van der Waals surface area contributed by atoms with Crippen LogP contribution < -0.4 is 15.4 Å². The predicted octanol–water partition coefficient (Wildman–Crippen LogP) is 3.96. The number of carbonyl (C=O) groups excluding carboxylic acids is 2. The van der Waals surface area contributed by atoms with Gasteiger partial charge in [0.05, 0.1) is 17.8 Å². The van der Waals surface area contributed by atoms with E-state index in [2.05, 4.69) is 41.6 Å². The largest absolute Gasteiger partial charge is 0.497 e. The zero-order chi connectivity index (χ0) is 23.8.